The molecule has 0 radical (unpaired) electrons. The van der Waals surface area contributed by atoms with E-state index in [4.69, 9.17) is 15.3 Å². The van der Waals surface area contributed by atoms with E-state index in [0.717, 1.165) is 0 Å². The summed E-state index contributed by atoms with van der Waals surface area (Å²) in [7, 11) is 1.38. The highest BCUT2D eigenvalue weighted by molar-refractivity contribution is 4.81. The molecule has 0 saturated carbocycles. The Balaban J connectivity index is 4.15. The third kappa shape index (κ3) is 3.55. The minimum absolute atomic E-state index is 1.17. The average molecular weight is 195 g/mol. The van der Waals surface area contributed by atoms with Crippen LogP contribution in [-0.4, -0.2) is 63.2 Å². The second kappa shape index (κ2) is 5.48. The fourth-order valence-electron chi connectivity index (χ4n) is 0.845. The predicted molar refractivity (Wildman–Crippen MR) is 44.8 cm³/mol. The molecule has 6 heteroatoms. The van der Waals surface area contributed by atoms with Gasteiger partial charge in [0.15, 0.2) is 0 Å². The van der Waals surface area contributed by atoms with Crippen LogP contribution in [-0.2, 0) is 0 Å². The lowest BCUT2D eigenvalue weighted by molar-refractivity contribution is -0.135. The molecule has 0 saturated heterocycles. The highest BCUT2D eigenvalue weighted by Gasteiger charge is 2.31. The van der Waals surface area contributed by atoms with E-state index < -0.39 is 30.6 Å². The Morgan fingerprint density at radius 1 is 0.846 bits per heavy atom. The van der Waals surface area contributed by atoms with Gasteiger partial charge in [0.2, 0.25) is 0 Å². The summed E-state index contributed by atoms with van der Waals surface area (Å²) in [6, 6.07) is 0. The average Bonchev–Trinajstić information content (AvgIpc) is 2.12. The number of rotatable bonds is 5. The molecule has 0 bridgehead atoms. The minimum Gasteiger partial charge on any atom is -0.391 e. The molecule has 0 fully saturated rings. The fourth-order valence-corrected chi connectivity index (χ4v) is 0.845. The summed E-state index contributed by atoms with van der Waals surface area (Å²) in [6.45, 7) is 1.27. The van der Waals surface area contributed by atoms with Crippen LogP contribution < -0.4 is 5.32 Å². The van der Waals surface area contributed by atoms with Crippen molar-refractivity contribution in [3.05, 3.63) is 0 Å². The van der Waals surface area contributed by atoms with Gasteiger partial charge < -0.3 is 25.5 Å². The summed E-state index contributed by atoms with van der Waals surface area (Å²) in [5.41, 5.74) is 0. The van der Waals surface area contributed by atoms with E-state index >= 15 is 0 Å². The van der Waals surface area contributed by atoms with E-state index in [-0.39, 0.29) is 0 Å². The van der Waals surface area contributed by atoms with Crippen molar-refractivity contribution in [1.82, 2.24) is 5.32 Å². The first kappa shape index (κ1) is 12.8. The maximum atomic E-state index is 9.20. The van der Waals surface area contributed by atoms with Gasteiger partial charge in [0, 0.05) is 0 Å². The number of nitrogens with one attached hydrogen (secondary N) is 1. The van der Waals surface area contributed by atoms with E-state index in [1.807, 2.05) is 0 Å². The van der Waals surface area contributed by atoms with Crippen molar-refractivity contribution in [3.8, 4) is 0 Å². The lowest BCUT2D eigenvalue weighted by atomic mass is 10.0. The monoisotopic (exact) mass is 195 g/mol. The Kier molecular flexibility index (Phi) is 5.38. The molecule has 5 atom stereocenters. The largest absolute Gasteiger partial charge is 0.391 e. The SMILES string of the molecule is CNC(O)C(O)C(O)C(O)C(C)O. The molecule has 13 heavy (non-hydrogen) atoms. The zero-order chi connectivity index (χ0) is 10.6. The van der Waals surface area contributed by atoms with Gasteiger partial charge in [0.05, 0.1) is 6.10 Å². The van der Waals surface area contributed by atoms with Crippen LogP contribution >= 0.6 is 0 Å². The Hall–Kier alpha value is -0.240. The van der Waals surface area contributed by atoms with Gasteiger partial charge in [0.25, 0.3) is 0 Å². The van der Waals surface area contributed by atoms with Gasteiger partial charge in [-0.05, 0) is 14.0 Å². The summed E-state index contributed by atoms with van der Waals surface area (Å²) in [5.74, 6) is 0. The van der Waals surface area contributed by atoms with Crippen molar-refractivity contribution >= 4 is 0 Å². The molecule has 80 valence electrons. The van der Waals surface area contributed by atoms with Crippen molar-refractivity contribution in [2.24, 2.45) is 0 Å². The number of hydrogen-bond donors (Lipinski definition) is 6. The van der Waals surface area contributed by atoms with E-state index in [9.17, 15) is 10.2 Å². The Bertz CT molecular complexity index is 143. The third-order valence-corrected chi connectivity index (χ3v) is 1.81. The zero-order valence-electron chi connectivity index (χ0n) is 7.62. The highest BCUT2D eigenvalue weighted by Crippen LogP contribution is 2.06. The van der Waals surface area contributed by atoms with Gasteiger partial charge in [-0.2, -0.15) is 0 Å². The second-order valence-corrected chi connectivity index (χ2v) is 2.95. The topological polar surface area (TPSA) is 113 Å². The van der Waals surface area contributed by atoms with Crippen molar-refractivity contribution in [2.45, 2.75) is 37.6 Å². The number of aliphatic hydroxyl groups excluding tert-OH is 5. The van der Waals surface area contributed by atoms with Gasteiger partial charge in [-0.25, -0.2) is 0 Å². The fraction of sp³-hybridized carbons (Fsp3) is 1.00. The molecule has 0 aliphatic carbocycles. The molecular weight excluding hydrogens is 178 g/mol. The van der Waals surface area contributed by atoms with Crippen LogP contribution in [0.4, 0.5) is 0 Å². The van der Waals surface area contributed by atoms with Crippen molar-refractivity contribution in [2.75, 3.05) is 7.05 Å². The second-order valence-electron chi connectivity index (χ2n) is 2.95. The molecule has 0 spiro atoms. The molecular formula is C7H17NO5. The van der Waals surface area contributed by atoms with Gasteiger partial charge in [-0.3, -0.25) is 5.32 Å². The van der Waals surface area contributed by atoms with E-state index in [2.05, 4.69) is 5.32 Å². The standard InChI is InChI=1S/C7H17NO5/c1-3(9)4(10)5(11)6(12)7(13)8-2/h3-13H,1-2H3. The van der Waals surface area contributed by atoms with Crippen LogP contribution in [0.25, 0.3) is 0 Å². The molecule has 0 aromatic heterocycles. The van der Waals surface area contributed by atoms with Crippen molar-refractivity contribution < 1.29 is 25.5 Å². The van der Waals surface area contributed by atoms with Crippen LogP contribution in [0.1, 0.15) is 6.92 Å². The van der Waals surface area contributed by atoms with Crippen LogP contribution in [0.2, 0.25) is 0 Å². The van der Waals surface area contributed by atoms with Crippen LogP contribution in [0.5, 0.6) is 0 Å². The molecule has 0 aromatic carbocycles. The summed E-state index contributed by atoms with van der Waals surface area (Å²) in [4.78, 5) is 0. The van der Waals surface area contributed by atoms with Crippen LogP contribution in [0.15, 0.2) is 0 Å². The van der Waals surface area contributed by atoms with Gasteiger partial charge in [0.1, 0.15) is 24.5 Å². The lowest BCUT2D eigenvalue weighted by Crippen LogP contribution is -2.51. The smallest absolute Gasteiger partial charge is 0.133 e. The molecule has 0 amide bonds. The summed E-state index contributed by atoms with van der Waals surface area (Å²) >= 11 is 0. The maximum Gasteiger partial charge on any atom is 0.133 e. The Morgan fingerprint density at radius 2 is 1.31 bits per heavy atom. The van der Waals surface area contributed by atoms with Crippen LogP contribution in [0, 0.1) is 0 Å². The highest BCUT2D eigenvalue weighted by atomic mass is 16.4. The van der Waals surface area contributed by atoms with E-state index in [1.165, 1.54) is 14.0 Å². The summed E-state index contributed by atoms with van der Waals surface area (Å²) < 4.78 is 0. The van der Waals surface area contributed by atoms with Gasteiger partial charge >= 0.3 is 0 Å². The molecule has 0 aliphatic heterocycles. The van der Waals surface area contributed by atoms with Gasteiger partial charge in [-0.1, -0.05) is 0 Å². The minimum atomic E-state index is -1.59. The van der Waals surface area contributed by atoms with Crippen LogP contribution in [0.3, 0.4) is 0 Å². The lowest BCUT2D eigenvalue weighted by Gasteiger charge is -2.27. The molecule has 0 heterocycles. The Labute approximate surface area is 76.4 Å². The molecule has 6 nitrogen and oxygen atoms in total. The quantitative estimate of drug-likeness (QED) is 0.260. The van der Waals surface area contributed by atoms with Crippen molar-refractivity contribution in [3.63, 3.8) is 0 Å². The molecule has 0 aliphatic rings. The molecule has 0 aromatic rings. The molecule has 0 rings (SSSR count). The maximum absolute atomic E-state index is 9.20. The first-order chi connectivity index (χ1) is 5.91. The predicted octanol–water partition coefficient (Wildman–Crippen LogP) is -3.01. The third-order valence-electron chi connectivity index (χ3n) is 1.81. The zero-order valence-corrected chi connectivity index (χ0v) is 7.62. The number of aliphatic hydroxyl groups is 5. The van der Waals surface area contributed by atoms with Gasteiger partial charge in [-0.15, -0.1) is 0 Å². The van der Waals surface area contributed by atoms with E-state index in [0.29, 0.717) is 0 Å². The van der Waals surface area contributed by atoms with Crippen molar-refractivity contribution in [1.29, 1.82) is 0 Å². The normalized spacial score (nSPS) is 23.3. The van der Waals surface area contributed by atoms with E-state index in [1.54, 1.807) is 0 Å². The molecule has 5 unspecified atom stereocenters. The Morgan fingerprint density at radius 3 is 1.62 bits per heavy atom. The summed E-state index contributed by atoms with van der Waals surface area (Å²) in [6.07, 6.45) is -7.15. The number of likely N-dealkylation sites (N-methyl/N-ethyl adjacent to an activating group) is 1. The first-order valence-corrected chi connectivity index (χ1v) is 3.99. The first-order valence-electron chi connectivity index (χ1n) is 3.99. The number of hydrogen-bond acceptors (Lipinski definition) is 6. The molecule has 6 N–H and O–H groups in total. The summed E-state index contributed by atoms with van der Waals surface area (Å²) in [5, 5.41) is 47.7.